The zero-order valence-electron chi connectivity index (χ0n) is 9.09. The monoisotopic (exact) mass is 252 g/mol. The van der Waals surface area contributed by atoms with Crippen LogP contribution in [0.15, 0.2) is 18.3 Å². The summed E-state index contributed by atoms with van der Waals surface area (Å²) in [7, 11) is 0. The van der Waals surface area contributed by atoms with Crippen LogP contribution in [-0.4, -0.2) is 10.7 Å². The number of hydrogen-bond acceptors (Lipinski definition) is 3. The fourth-order valence-corrected chi connectivity index (χ4v) is 2.97. The summed E-state index contributed by atoms with van der Waals surface area (Å²) < 4.78 is 1.03. The van der Waals surface area contributed by atoms with Crippen LogP contribution < -0.4 is 0 Å². The van der Waals surface area contributed by atoms with Crippen molar-refractivity contribution in [3.05, 3.63) is 28.2 Å². The summed E-state index contributed by atoms with van der Waals surface area (Å²) in [5, 5.41) is 8.56. The first-order chi connectivity index (χ1) is 7.70. The molecule has 1 N–H and O–H groups in total. The summed E-state index contributed by atoms with van der Waals surface area (Å²) in [4.78, 5) is 5.45. The lowest BCUT2D eigenvalue weighted by atomic mass is 10.1. The predicted octanol–water partition coefficient (Wildman–Crippen LogP) is 4.31. The Hall–Kier alpha value is -0.930. The topological polar surface area (TPSA) is 36.7 Å². The van der Waals surface area contributed by atoms with Gasteiger partial charge in [-0.05, 0) is 18.6 Å². The Morgan fingerprint density at radius 3 is 3.06 bits per heavy atom. The van der Waals surface area contributed by atoms with Crippen LogP contribution in [0.5, 0.6) is 0 Å². The highest BCUT2D eigenvalue weighted by molar-refractivity contribution is 7.19. The van der Waals surface area contributed by atoms with E-state index in [1.54, 1.807) is 17.5 Å². The van der Waals surface area contributed by atoms with Crippen LogP contribution in [-0.2, 0) is 6.42 Å². The summed E-state index contributed by atoms with van der Waals surface area (Å²) in [5.74, 6) is 0. The number of nitrogens with zero attached hydrogens (tertiary/aromatic N) is 1. The fraction of sp³-hybridized carbons (Fsp3) is 0.333. The molecule has 0 bridgehead atoms. The van der Waals surface area contributed by atoms with Crippen LogP contribution in [0.4, 0.5) is 0 Å². The summed E-state index contributed by atoms with van der Waals surface area (Å²) in [5.41, 5.74) is 1.72. The normalized spacial score (nSPS) is 10.9. The lowest BCUT2D eigenvalue weighted by Gasteiger charge is -1.97. The molecule has 16 heavy (non-hydrogen) atoms. The molecular formula is C12H13ClN2S. The zero-order chi connectivity index (χ0) is 11.5. The van der Waals surface area contributed by atoms with Crippen molar-refractivity contribution in [1.29, 1.82) is 5.41 Å². The number of hydrogen-bond donors (Lipinski definition) is 1. The van der Waals surface area contributed by atoms with Gasteiger partial charge in [0.1, 0.15) is 0 Å². The highest BCUT2D eigenvalue weighted by Gasteiger charge is 2.07. The van der Waals surface area contributed by atoms with Gasteiger partial charge < -0.3 is 5.41 Å². The van der Waals surface area contributed by atoms with Crippen LogP contribution in [0.2, 0.25) is 5.02 Å². The molecule has 2 nitrogen and oxygen atoms in total. The van der Waals surface area contributed by atoms with E-state index in [9.17, 15) is 0 Å². The van der Waals surface area contributed by atoms with Gasteiger partial charge in [0.05, 0.1) is 15.2 Å². The molecule has 0 unspecified atom stereocenters. The number of nitrogens with one attached hydrogen (secondary N) is 1. The third-order valence-electron chi connectivity index (χ3n) is 2.35. The molecule has 0 atom stereocenters. The molecule has 4 heteroatoms. The molecule has 0 aromatic carbocycles. The van der Waals surface area contributed by atoms with E-state index in [2.05, 4.69) is 11.9 Å². The molecule has 0 radical (unpaired) electrons. The van der Waals surface area contributed by atoms with Gasteiger partial charge in [-0.3, -0.25) is 4.98 Å². The molecule has 2 aromatic heterocycles. The lowest BCUT2D eigenvalue weighted by Crippen LogP contribution is -1.98. The molecule has 0 saturated carbocycles. The Kier molecular flexibility index (Phi) is 3.56. The molecule has 2 heterocycles. The first-order valence-electron chi connectivity index (χ1n) is 5.30. The maximum Gasteiger partial charge on any atom is 0.0827 e. The van der Waals surface area contributed by atoms with Crippen LogP contribution in [0.25, 0.3) is 10.2 Å². The molecule has 0 amide bonds. The first kappa shape index (κ1) is 11.6. The number of thiophene rings is 1. The number of fused-ring (bicyclic) bond motifs is 1. The van der Waals surface area contributed by atoms with Crippen molar-refractivity contribution >= 4 is 38.9 Å². The minimum absolute atomic E-state index is 0.727. The van der Waals surface area contributed by atoms with Gasteiger partial charge in [0, 0.05) is 23.2 Å². The van der Waals surface area contributed by atoms with Gasteiger partial charge in [-0.2, -0.15) is 0 Å². The van der Waals surface area contributed by atoms with E-state index in [4.69, 9.17) is 17.0 Å². The third kappa shape index (κ3) is 2.42. The van der Waals surface area contributed by atoms with Gasteiger partial charge in [-0.25, -0.2) is 0 Å². The van der Waals surface area contributed by atoms with Gasteiger partial charge in [-0.15, -0.1) is 11.3 Å². The zero-order valence-corrected chi connectivity index (χ0v) is 10.7. The number of aromatic nitrogens is 1. The highest BCUT2D eigenvalue weighted by Crippen LogP contribution is 2.30. The Bertz CT molecular complexity index is 519. The summed E-state index contributed by atoms with van der Waals surface area (Å²) >= 11 is 7.73. The summed E-state index contributed by atoms with van der Waals surface area (Å²) in [6.07, 6.45) is 4.35. The molecular weight excluding hydrogens is 240 g/mol. The van der Waals surface area contributed by atoms with Crippen molar-refractivity contribution in [3.63, 3.8) is 0 Å². The Balaban J connectivity index is 2.26. The molecule has 84 valence electrons. The molecule has 0 fully saturated rings. The van der Waals surface area contributed by atoms with E-state index in [1.807, 2.05) is 12.1 Å². The number of pyridine rings is 1. The van der Waals surface area contributed by atoms with Gasteiger partial charge in [0.2, 0.25) is 0 Å². The van der Waals surface area contributed by atoms with Crippen LogP contribution >= 0.6 is 22.9 Å². The molecule has 0 aliphatic rings. The van der Waals surface area contributed by atoms with Gasteiger partial charge in [0.15, 0.2) is 0 Å². The summed E-state index contributed by atoms with van der Waals surface area (Å²) in [6, 6.07) is 3.84. The van der Waals surface area contributed by atoms with E-state index < -0.39 is 0 Å². The van der Waals surface area contributed by atoms with Crippen molar-refractivity contribution in [3.8, 4) is 0 Å². The maximum absolute atomic E-state index is 7.81. The van der Waals surface area contributed by atoms with Gasteiger partial charge in [0.25, 0.3) is 0 Å². The SMILES string of the molecule is CCCC(=N)Cc1cc2nccc(Cl)c2s1. The van der Waals surface area contributed by atoms with E-state index in [0.29, 0.717) is 0 Å². The average molecular weight is 253 g/mol. The predicted molar refractivity (Wildman–Crippen MR) is 71.0 cm³/mol. The number of rotatable bonds is 4. The second kappa shape index (κ2) is 4.93. The Morgan fingerprint density at radius 2 is 2.38 bits per heavy atom. The van der Waals surface area contributed by atoms with E-state index in [1.165, 1.54) is 4.88 Å². The molecule has 2 aromatic rings. The lowest BCUT2D eigenvalue weighted by molar-refractivity contribution is 0.967. The Morgan fingerprint density at radius 1 is 1.56 bits per heavy atom. The third-order valence-corrected chi connectivity index (χ3v) is 3.94. The van der Waals surface area contributed by atoms with Crippen molar-refractivity contribution in [2.24, 2.45) is 0 Å². The van der Waals surface area contributed by atoms with E-state index in [-0.39, 0.29) is 0 Å². The maximum atomic E-state index is 7.81. The van der Waals surface area contributed by atoms with E-state index in [0.717, 1.165) is 40.2 Å². The van der Waals surface area contributed by atoms with Gasteiger partial charge in [-0.1, -0.05) is 24.9 Å². The molecule has 2 rings (SSSR count). The standard InChI is InChI=1S/C12H13ClN2S/c1-2-3-8(14)6-9-7-11-12(16-9)10(13)4-5-15-11/h4-5,7,14H,2-3,6H2,1H3. The molecule has 0 spiro atoms. The molecule has 0 aliphatic carbocycles. The summed E-state index contributed by atoms with van der Waals surface area (Å²) in [6.45, 7) is 2.10. The smallest absolute Gasteiger partial charge is 0.0827 e. The quantitative estimate of drug-likeness (QED) is 0.809. The minimum atomic E-state index is 0.727. The average Bonchev–Trinajstić information content (AvgIpc) is 2.62. The second-order valence-electron chi connectivity index (χ2n) is 3.75. The first-order valence-corrected chi connectivity index (χ1v) is 6.49. The van der Waals surface area contributed by atoms with Crippen LogP contribution in [0, 0.1) is 5.41 Å². The fourth-order valence-electron chi connectivity index (χ4n) is 1.64. The van der Waals surface area contributed by atoms with Gasteiger partial charge >= 0.3 is 0 Å². The van der Waals surface area contributed by atoms with Crippen molar-refractivity contribution in [2.45, 2.75) is 26.2 Å². The second-order valence-corrected chi connectivity index (χ2v) is 5.29. The van der Waals surface area contributed by atoms with Crippen molar-refractivity contribution < 1.29 is 0 Å². The Labute approximate surface area is 104 Å². The highest BCUT2D eigenvalue weighted by atomic mass is 35.5. The molecule has 0 saturated heterocycles. The van der Waals surface area contributed by atoms with Crippen LogP contribution in [0.1, 0.15) is 24.6 Å². The minimum Gasteiger partial charge on any atom is -0.309 e. The van der Waals surface area contributed by atoms with E-state index >= 15 is 0 Å². The molecule has 0 aliphatic heterocycles. The van der Waals surface area contributed by atoms with Crippen LogP contribution in [0.3, 0.4) is 0 Å². The number of halogens is 1. The van der Waals surface area contributed by atoms with Crippen molar-refractivity contribution in [1.82, 2.24) is 4.98 Å². The van der Waals surface area contributed by atoms with Crippen molar-refractivity contribution in [2.75, 3.05) is 0 Å². The largest absolute Gasteiger partial charge is 0.309 e.